The summed E-state index contributed by atoms with van der Waals surface area (Å²) in [7, 11) is 1.66. The molecule has 0 saturated heterocycles. The van der Waals surface area contributed by atoms with Crippen LogP contribution in [0, 0.1) is 0 Å². The Balaban J connectivity index is 1.56. The zero-order valence-electron chi connectivity index (χ0n) is 12.1. The Hall–Kier alpha value is -3.02. The predicted octanol–water partition coefficient (Wildman–Crippen LogP) is 2.83. The van der Waals surface area contributed by atoms with Gasteiger partial charge in [0.05, 0.1) is 18.1 Å². The minimum absolute atomic E-state index is 0.665. The molecule has 0 amide bonds. The van der Waals surface area contributed by atoms with Crippen LogP contribution in [-0.2, 0) is 6.54 Å². The van der Waals surface area contributed by atoms with Crippen LogP contribution in [0.4, 0.5) is 5.95 Å². The number of benzene rings is 2. The fourth-order valence-electron chi connectivity index (χ4n) is 2.44. The number of para-hydroxylation sites is 2. The summed E-state index contributed by atoms with van der Waals surface area (Å²) >= 11 is 0. The van der Waals surface area contributed by atoms with Gasteiger partial charge in [-0.25, -0.2) is 9.50 Å². The van der Waals surface area contributed by atoms with Crippen molar-refractivity contribution in [2.75, 3.05) is 12.4 Å². The van der Waals surface area contributed by atoms with Gasteiger partial charge in [0.1, 0.15) is 5.75 Å². The number of H-pyrrole nitrogens is 1. The van der Waals surface area contributed by atoms with Gasteiger partial charge in [-0.15, -0.1) is 0 Å². The molecular weight excluding hydrogens is 278 g/mol. The topological polar surface area (TPSA) is 67.2 Å². The van der Waals surface area contributed by atoms with Gasteiger partial charge in [0.2, 0.25) is 5.95 Å². The summed E-state index contributed by atoms with van der Waals surface area (Å²) in [4.78, 5) is 8.94. The minimum Gasteiger partial charge on any atom is -0.497 e. The number of fused-ring (bicyclic) bond motifs is 3. The SMILES string of the molecule is COc1ccc(CNc2nc3nc4ccccc4n3[nH]2)cc1. The molecular formula is C16H15N5O. The average molecular weight is 293 g/mol. The zero-order chi connectivity index (χ0) is 14.9. The van der Waals surface area contributed by atoms with Crippen molar-refractivity contribution in [1.29, 1.82) is 0 Å². The summed E-state index contributed by atoms with van der Waals surface area (Å²) in [6, 6.07) is 15.9. The number of imidazole rings is 1. The normalized spacial score (nSPS) is 11.1. The average Bonchev–Trinajstić information content (AvgIpc) is 3.10. The number of hydrogen-bond donors (Lipinski definition) is 2. The summed E-state index contributed by atoms with van der Waals surface area (Å²) in [5.74, 6) is 2.22. The van der Waals surface area contributed by atoms with Crippen LogP contribution in [0.5, 0.6) is 5.75 Å². The number of nitrogens with zero attached hydrogens (tertiary/aromatic N) is 3. The summed E-state index contributed by atoms with van der Waals surface area (Å²) in [5, 5.41) is 6.49. The van der Waals surface area contributed by atoms with E-state index in [-0.39, 0.29) is 0 Å². The Morgan fingerprint density at radius 2 is 1.91 bits per heavy atom. The second-order valence-electron chi connectivity index (χ2n) is 5.01. The minimum atomic E-state index is 0.665. The zero-order valence-corrected chi connectivity index (χ0v) is 12.1. The smallest absolute Gasteiger partial charge is 0.253 e. The lowest BCUT2D eigenvalue weighted by atomic mass is 10.2. The quantitative estimate of drug-likeness (QED) is 0.607. The monoisotopic (exact) mass is 293 g/mol. The summed E-state index contributed by atoms with van der Waals surface area (Å²) in [6.07, 6.45) is 0. The van der Waals surface area contributed by atoms with Crippen LogP contribution in [0.15, 0.2) is 48.5 Å². The lowest BCUT2D eigenvalue weighted by molar-refractivity contribution is 0.414. The van der Waals surface area contributed by atoms with E-state index in [9.17, 15) is 0 Å². The molecule has 0 atom stereocenters. The molecule has 0 fully saturated rings. The maximum absolute atomic E-state index is 5.15. The number of rotatable bonds is 4. The van der Waals surface area contributed by atoms with Crippen molar-refractivity contribution in [1.82, 2.24) is 19.6 Å². The van der Waals surface area contributed by atoms with E-state index < -0.39 is 0 Å². The molecule has 2 aromatic carbocycles. The molecule has 0 aliphatic carbocycles. The third kappa shape index (κ3) is 2.14. The molecule has 22 heavy (non-hydrogen) atoms. The van der Waals surface area contributed by atoms with Gasteiger partial charge < -0.3 is 10.1 Å². The number of anilines is 1. The molecule has 6 nitrogen and oxygen atoms in total. The van der Waals surface area contributed by atoms with Crippen molar-refractivity contribution in [2.45, 2.75) is 6.54 Å². The van der Waals surface area contributed by atoms with E-state index >= 15 is 0 Å². The Morgan fingerprint density at radius 3 is 2.73 bits per heavy atom. The van der Waals surface area contributed by atoms with Crippen molar-refractivity contribution in [3.8, 4) is 5.75 Å². The molecule has 0 aliphatic rings. The van der Waals surface area contributed by atoms with Gasteiger partial charge in [0.25, 0.3) is 5.78 Å². The summed E-state index contributed by atoms with van der Waals surface area (Å²) < 4.78 is 7.03. The van der Waals surface area contributed by atoms with Crippen LogP contribution in [0.25, 0.3) is 16.8 Å². The lowest BCUT2D eigenvalue weighted by Crippen LogP contribution is -2.01. The van der Waals surface area contributed by atoms with Crippen LogP contribution >= 0.6 is 0 Å². The van der Waals surface area contributed by atoms with E-state index in [1.807, 2.05) is 53.0 Å². The fourth-order valence-corrected chi connectivity index (χ4v) is 2.44. The molecule has 6 heteroatoms. The first-order valence-corrected chi connectivity index (χ1v) is 7.03. The molecule has 2 heterocycles. The third-order valence-corrected chi connectivity index (χ3v) is 3.59. The Bertz CT molecular complexity index is 923. The fraction of sp³-hybridized carbons (Fsp3) is 0.125. The van der Waals surface area contributed by atoms with Gasteiger partial charge in [0, 0.05) is 6.54 Å². The van der Waals surface area contributed by atoms with Crippen LogP contribution in [-0.4, -0.2) is 26.7 Å². The van der Waals surface area contributed by atoms with Crippen molar-refractivity contribution >= 4 is 22.8 Å². The van der Waals surface area contributed by atoms with Gasteiger partial charge in [-0.3, -0.25) is 5.10 Å². The largest absolute Gasteiger partial charge is 0.497 e. The van der Waals surface area contributed by atoms with Gasteiger partial charge in [0.15, 0.2) is 0 Å². The molecule has 4 rings (SSSR count). The Labute approximate surface area is 126 Å². The molecule has 0 unspecified atom stereocenters. The van der Waals surface area contributed by atoms with Gasteiger partial charge >= 0.3 is 0 Å². The first-order chi connectivity index (χ1) is 10.8. The first kappa shape index (κ1) is 12.7. The molecule has 2 N–H and O–H groups in total. The maximum atomic E-state index is 5.15. The highest BCUT2D eigenvalue weighted by Crippen LogP contribution is 2.16. The second kappa shape index (κ2) is 5.07. The van der Waals surface area contributed by atoms with Crippen molar-refractivity contribution in [3.63, 3.8) is 0 Å². The van der Waals surface area contributed by atoms with E-state index in [1.165, 1.54) is 0 Å². The first-order valence-electron chi connectivity index (χ1n) is 7.03. The van der Waals surface area contributed by atoms with Crippen LogP contribution < -0.4 is 10.1 Å². The molecule has 0 aliphatic heterocycles. The highest BCUT2D eigenvalue weighted by Gasteiger charge is 2.08. The number of hydrogen-bond acceptors (Lipinski definition) is 4. The van der Waals surface area contributed by atoms with Crippen molar-refractivity contribution in [2.24, 2.45) is 0 Å². The van der Waals surface area contributed by atoms with E-state index in [1.54, 1.807) is 7.11 Å². The van der Waals surface area contributed by atoms with Crippen molar-refractivity contribution < 1.29 is 4.74 Å². The highest BCUT2D eigenvalue weighted by atomic mass is 16.5. The molecule has 0 spiro atoms. The lowest BCUT2D eigenvalue weighted by Gasteiger charge is -2.04. The number of methoxy groups -OCH3 is 1. The number of nitrogens with one attached hydrogen (secondary N) is 2. The van der Waals surface area contributed by atoms with Crippen LogP contribution in [0.3, 0.4) is 0 Å². The van der Waals surface area contributed by atoms with Crippen molar-refractivity contribution in [3.05, 3.63) is 54.1 Å². The Kier molecular flexibility index (Phi) is 2.93. The number of ether oxygens (including phenoxy) is 1. The van der Waals surface area contributed by atoms with E-state index in [2.05, 4.69) is 20.4 Å². The Morgan fingerprint density at radius 1 is 1.09 bits per heavy atom. The second-order valence-corrected chi connectivity index (χ2v) is 5.01. The highest BCUT2D eigenvalue weighted by molar-refractivity contribution is 5.79. The molecule has 0 saturated carbocycles. The van der Waals surface area contributed by atoms with Crippen LogP contribution in [0.1, 0.15) is 5.56 Å². The van der Waals surface area contributed by atoms with Gasteiger partial charge in [-0.2, -0.15) is 4.98 Å². The van der Waals surface area contributed by atoms with Gasteiger partial charge in [-0.05, 0) is 29.8 Å². The molecule has 2 aromatic heterocycles. The third-order valence-electron chi connectivity index (χ3n) is 3.59. The maximum Gasteiger partial charge on any atom is 0.253 e. The van der Waals surface area contributed by atoms with E-state index in [4.69, 9.17) is 4.74 Å². The van der Waals surface area contributed by atoms with E-state index in [0.717, 1.165) is 22.3 Å². The summed E-state index contributed by atoms with van der Waals surface area (Å²) in [5.41, 5.74) is 3.10. The number of aromatic nitrogens is 4. The molecule has 0 bridgehead atoms. The van der Waals surface area contributed by atoms with E-state index in [0.29, 0.717) is 18.3 Å². The molecule has 4 aromatic rings. The molecule has 0 radical (unpaired) electrons. The summed E-state index contributed by atoms with van der Waals surface area (Å²) in [6.45, 7) is 0.679. The van der Waals surface area contributed by atoms with Crippen LogP contribution in [0.2, 0.25) is 0 Å². The standard InChI is InChI=1S/C16H15N5O/c1-22-12-8-6-11(7-9-12)10-17-15-19-16-18-13-4-2-3-5-14(13)21(16)20-15/h2-9H,10H2,1H3,(H2,17,18,19,20). The number of aromatic amines is 1. The van der Waals surface area contributed by atoms with Gasteiger partial charge in [-0.1, -0.05) is 24.3 Å². The predicted molar refractivity (Wildman–Crippen MR) is 85.2 cm³/mol. The molecule has 110 valence electrons.